The highest BCUT2D eigenvalue weighted by atomic mass is 16.1. The zero-order valence-corrected chi connectivity index (χ0v) is 15.2. The first kappa shape index (κ1) is 16.9. The van der Waals surface area contributed by atoms with Crippen molar-refractivity contribution in [3.8, 4) is 0 Å². The Labute approximate surface area is 157 Å². The van der Waals surface area contributed by atoms with Crippen molar-refractivity contribution in [2.24, 2.45) is 0 Å². The number of H-pyrrole nitrogens is 2. The molecule has 1 atom stereocenters. The minimum atomic E-state index is -0.109. The summed E-state index contributed by atoms with van der Waals surface area (Å²) in [7, 11) is 1.63. The molecule has 0 saturated heterocycles. The molecule has 0 fully saturated rings. The Balaban J connectivity index is 1.77. The van der Waals surface area contributed by atoms with E-state index in [1.807, 2.05) is 55.6 Å². The van der Waals surface area contributed by atoms with Gasteiger partial charge in [0.15, 0.2) is 0 Å². The van der Waals surface area contributed by atoms with Gasteiger partial charge < -0.3 is 15.6 Å². The third kappa shape index (κ3) is 3.29. The van der Waals surface area contributed by atoms with Crippen LogP contribution in [0.3, 0.4) is 0 Å². The van der Waals surface area contributed by atoms with E-state index >= 15 is 0 Å². The molecule has 6 nitrogen and oxygen atoms in total. The molecule has 0 aliphatic heterocycles. The van der Waals surface area contributed by atoms with E-state index in [1.54, 1.807) is 7.05 Å². The van der Waals surface area contributed by atoms with Crippen LogP contribution in [0.25, 0.3) is 10.9 Å². The van der Waals surface area contributed by atoms with Gasteiger partial charge in [0.05, 0.1) is 6.04 Å². The van der Waals surface area contributed by atoms with E-state index < -0.39 is 0 Å². The molecule has 2 aromatic carbocycles. The maximum Gasteiger partial charge on any atom is 0.251 e. The molecule has 136 valence electrons. The van der Waals surface area contributed by atoms with Crippen molar-refractivity contribution in [2.75, 3.05) is 12.4 Å². The summed E-state index contributed by atoms with van der Waals surface area (Å²) in [5.74, 6) is 0.680. The quantitative estimate of drug-likeness (QED) is 0.438. The van der Waals surface area contributed by atoms with Crippen molar-refractivity contribution in [2.45, 2.75) is 13.0 Å². The normalized spacial score (nSPS) is 12.1. The molecule has 2 aromatic heterocycles. The smallest absolute Gasteiger partial charge is 0.251 e. The van der Waals surface area contributed by atoms with E-state index in [1.165, 1.54) is 0 Å². The first-order chi connectivity index (χ1) is 13.2. The first-order valence-electron chi connectivity index (χ1n) is 8.82. The predicted molar refractivity (Wildman–Crippen MR) is 107 cm³/mol. The second-order valence-electron chi connectivity index (χ2n) is 6.50. The molecule has 0 spiro atoms. The fourth-order valence-corrected chi connectivity index (χ4v) is 3.28. The number of hydrogen-bond acceptors (Lipinski definition) is 3. The number of nitrogens with zero attached hydrogens (tertiary/aromatic N) is 1. The average Bonchev–Trinajstić information content (AvgIpc) is 3.31. The summed E-state index contributed by atoms with van der Waals surface area (Å²) in [5.41, 5.74) is 4.88. The van der Waals surface area contributed by atoms with Crippen LogP contribution in [-0.4, -0.2) is 28.1 Å². The van der Waals surface area contributed by atoms with Crippen molar-refractivity contribution in [1.29, 1.82) is 0 Å². The Morgan fingerprint density at radius 2 is 1.89 bits per heavy atom. The molecule has 0 aliphatic rings. The Hall–Kier alpha value is -3.54. The van der Waals surface area contributed by atoms with Gasteiger partial charge in [-0.05, 0) is 30.7 Å². The molecule has 4 aromatic rings. The van der Waals surface area contributed by atoms with Crippen molar-refractivity contribution in [1.82, 2.24) is 20.5 Å². The van der Waals surface area contributed by atoms with Gasteiger partial charge in [0.25, 0.3) is 5.91 Å². The zero-order valence-electron chi connectivity index (χ0n) is 15.2. The highest BCUT2D eigenvalue weighted by Gasteiger charge is 2.19. The molecule has 4 N–H and O–H groups in total. The number of aromatic amines is 2. The third-order valence-electron chi connectivity index (χ3n) is 4.66. The lowest BCUT2D eigenvalue weighted by Crippen LogP contribution is -2.18. The second kappa shape index (κ2) is 6.99. The Kier molecular flexibility index (Phi) is 4.38. The summed E-state index contributed by atoms with van der Waals surface area (Å²) in [6, 6.07) is 17.7. The Morgan fingerprint density at radius 3 is 2.59 bits per heavy atom. The number of nitrogens with one attached hydrogen (secondary N) is 4. The topological polar surface area (TPSA) is 85.6 Å². The minimum Gasteiger partial charge on any atom is -0.361 e. The monoisotopic (exact) mass is 359 g/mol. The number of anilines is 1. The summed E-state index contributed by atoms with van der Waals surface area (Å²) in [6.07, 6.45) is 2.02. The van der Waals surface area contributed by atoms with Crippen molar-refractivity contribution in [3.05, 3.63) is 83.2 Å². The Morgan fingerprint density at radius 1 is 1.11 bits per heavy atom. The number of aromatic nitrogens is 3. The minimum absolute atomic E-state index is 0.0962. The van der Waals surface area contributed by atoms with Crippen LogP contribution in [0.4, 0.5) is 5.82 Å². The van der Waals surface area contributed by atoms with Crippen molar-refractivity contribution < 1.29 is 4.79 Å². The lowest BCUT2D eigenvalue weighted by Gasteiger charge is -2.19. The van der Waals surface area contributed by atoms with Gasteiger partial charge in [0, 0.05) is 47.0 Å². The number of para-hydroxylation sites is 1. The predicted octanol–water partition coefficient (Wildman–Crippen LogP) is 3.76. The molecule has 0 aliphatic carbocycles. The Bertz CT molecular complexity index is 1080. The number of carbonyl (C=O) groups excluding carboxylic acids is 1. The van der Waals surface area contributed by atoms with Crippen LogP contribution in [0.15, 0.2) is 60.8 Å². The van der Waals surface area contributed by atoms with Crippen LogP contribution in [0.1, 0.15) is 33.2 Å². The number of rotatable bonds is 5. The van der Waals surface area contributed by atoms with Crippen molar-refractivity contribution >= 4 is 22.6 Å². The van der Waals surface area contributed by atoms with Gasteiger partial charge in [0.1, 0.15) is 5.82 Å². The van der Waals surface area contributed by atoms with Crippen LogP contribution >= 0.6 is 0 Å². The van der Waals surface area contributed by atoms with E-state index in [2.05, 4.69) is 37.9 Å². The molecular weight excluding hydrogens is 338 g/mol. The fraction of sp³-hybridized carbons (Fsp3) is 0.143. The number of hydrogen-bond donors (Lipinski definition) is 4. The van der Waals surface area contributed by atoms with Crippen molar-refractivity contribution in [3.63, 3.8) is 0 Å². The summed E-state index contributed by atoms with van der Waals surface area (Å²) >= 11 is 0. The standard InChI is InChI=1S/C21H21N5O/c1-13-11-19(26-25-13)24-20(14-7-9-15(10-8-14)21(27)22-2)17-12-23-18-6-4-3-5-16(17)18/h3-12,20,23H,1-2H3,(H,22,27)(H2,24,25,26). The van der Waals surface area contributed by atoms with Gasteiger partial charge in [0.2, 0.25) is 0 Å². The van der Waals surface area contributed by atoms with E-state index in [0.29, 0.717) is 5.56 Å². The fourth-order valence-electron chi connectivity index (χ4n) is 3.28. The van der Waals surface area contributed by atoms with E-state index in [9.17, 15) is 4.79 Å². The summed E-state index contributed by atoms with van der Waals surface area (Å²) in [5, 5.41) is 14.6. The molecule has 0 bridgehead atoms. The maximum absolute atomic E-state index is 11.8. The van der Waals surface area contributed by atoms with Gasteiger partial charge in [-0.15, -0.1) is 0 Å². The molecule has 0 saturated carbocycles. The second-order valence-corrected chi connectivity index (χ2v) is 6.50. The molecule has 1 unspecified atom stereocenters. The number of fused-ring (bicyclic) bond motifs is 1. The number of benzene rings is 2. The van der Waals surface area contributed by atoms with E-state index in [4.69, 9.17) is 0 Å². The third-order valence-corrected chi connectivity index (χ3v) is 4.66. The largest absolute Gasteiger partial charge is 0.361 e. The summed E-state index contributed by atoms with van der Waals surface area (Å²) in [6.45, 7) is 1.97. The average molecular weight is 359 g/mol. The number of amides is 1. The highest BCUT2D eigenvalue weighted by molar-refractivity contribution is 5.94. The molecule has 1 amide bonds. The lowest BCUT2D eigenvalue weighted by molar-refractivity contribution is 0.0963. The maximum atomic E-state index is 11.8. The zero-order chi connectivity index (χ0) is 18.8. The van der Waals surface area contributed by atoms with E-state index in [0.717, 1.165) is 33.5 Å². The van der Waals surface area contributed by atoms with Crippen LogP contribution in [0.2, 0.25) is 0 Å². The molecule has 4 rings (SSSR count). The van der Waals surface area contributed by atoms with Gasteiger partial charge in [-0.25, -0.2) is 0 Å². The van der Waals surface area contributed by atoms with E-state index in [-0.39, 0.29) is 11.9 Å². The number of carbonyl (C=O) groups is 1. The molecule has 2 heterocycles. The molecule has 0 radical (unpaired) electrons. The van der Waals surface area contributed by atoms with Crippen LogP contribution in [-0.2, 0) is 0 Å². The van der Waals surface area contributed by atoms with Gasteiger partial charge in [-0.2, -0.15) is 5.10 Å². The summed E-state index contributed by atoms with van der Waals surface area (Å²) in [4.78, 5) is 15.2. The van der Waals surface area contributed by atoms with Gasteiger partial charge >= 0.3 is 0 Å². The number of aryl methyl sites for hydroxylation is 1. The van der Waals surface area contributed by atoms with Crippen LogP contribution in [0, 0.1) is 6.92 Å². The molecule has 6 heteroatoms. The van der Waals surface area contributed by atoms with Gasteiger partial charge in [-0.3, -0.25) is 9.89 Å². The van der Waals surface area contributed by atoms with Gasteiger partial charge in [-0.1, -0.05) is 30.3 Å². The van der Waals surface area contributed by atoms with Crippen LogP contribution in [0.5, 0.6) is 0 Å². The summed E-state index contributed by atoms with van der Waals surface area (Å²) < 4.78 is 0. The van der Waals surface area contributed by atoms with Crippen LogP contribution < -0.4 is 10.6 Å². The highest BCUT2D eigenvalue weighted by Crippen LogP contribution is 2.31. The lowest BCUT2D eigenvalue weighted by atomic mass is 9.97. The molecule has 27 heavy (non-hydrogen) atoms. The molecular formula is C21H21N5O. The SMILES string of the molecule is CNC(=O)c1ccc(C(Nc2cc(C)[nH]n2)c2c[nH]c3ccccc23)cc1. The first-order valence-corrected chi connectivity index (χ1v) is 8.82.